The molecular formula is C12H21N3O6. The molecule has 0 aliphatic carbocycles. The number of carboxylic acids is 1. The van der Waals surface area contributed by atoms with E-state index in [2.05, 4.69) is 0 Å². The Morgan fingerprint density at radius 3 is 2.62 bits per heavy atom. The molecule has 1 fully saturated rings. The number of esters is 1. The monoisotopic (exact) mass is 303 g/mol. The van der Waals surface area contributed by atoms with Crippen molar-refractivity contribution >= 4 is 11.9 Å². The third-order valence-electron chi connectivity index (χ3n) is 3.11. The Kier molecular flexibility index (Phi) is 3.93. The van der Waals surface area contributed by atoms with Crippen LogP contribution in [0.1, 0.15) is 40.5 Å². The number of aliphatic carboxylic acids is 1. The van der Waals surface area contributed by atoms with E-state index in [-0.39, 0.29) is 0 Å². The number of carbonyl (C=O) groups is 2. The van der Waals surface area contributed by atoms with Gasteiger partial charge in [0.25, 0.3) is 6.29 Å². The molecular weight excluding hydrogens is 282 g/mol. The standard InChI is InChI=1S/C12H21N3O6/c1-8(19-11(18)12(2,3)4)20-15-14(21-15)13-7-5-6-9(13)10(16)17/h8-9H,5-7H2,1-4H3,(H,16,17)/t8?,9-,14?,15?/m0/s1. The normalized spacial score (nSPS) is 20.6. The lowest BCUT2D eigenvalue weighted by molar-refractivity contribution is -0.189. The summed E-state index contributed by atoms with van der Waals surface area (Å²) in [6.07, 6.45) is 0.476. The van der Waals surface area contributed by atoms with Gasteiger partial charge < -0.3 is 14.7 Å². The average molecular weight is 303 g/mol. The zero-order valence-corrected chi connectivity index (χ0v) is 12.6. The third kappa shape index (κ3) is 3.53. The molecule has 0 saturated carbocycles. The van der Waals surface area contributed by atoms with E-state index in [1.54, 1.807) is 32.7 Å². The Morgan fingerprint density at radius 1 is 1.38 bits per heavy atom. The highest BCUT2D eigenvalue weighted by Gasteiger charge is 2.37. The van der Waals surface area contributed by atoms with Crippen LogP contribution in [0.25, 0.3) is 0 Å². The van der Waals surface area contributed by atoms with E-state index in [1.165, 1.54) is 4.96 Å². The maximum absolute atomic E-state index is 11.7. The van der Waals surface area contributed by atoms with Crippen LogP contribution in [0.5, 0.6) is 0 Å². The number of ether oxygens (including phenoxy) is 1. The largest absolute Gasteiger partial charge is 0.480 e. The first kappa shape index (κ1) is 15.3. The second-order valence-corrected chi connectivity index (χ2v) is 6.06. The summed E-state index contributed by atoms with van der Waals surface area (Å²) in [6.45, 7) is 7.34. The molecule has 0 spiro atoms. The van der Waals surface area contributed by atoms with E-state index >= 15 is 0 Å². The van der Waals surface area contributed by atoms with Gasteiger partial charge in [0.1, 0.15) is 11.1 Å². The quantitative estimate of drug-likeness (QED) is 0.622. The molecule has 0 radical (unpaired) electrons. The smallest absolute Gasteiger partial charge is 0.328 e. The van der Waals surface area contributed by atoms with Gasteiger partial charge in [-0.1, -0.05) is 0 Å². The van der Waals surface area contributed by atoms with Crippen LogP contribution in [0.2, 0.25) is 0 Å². The van der Waals surface area contributed by atoms with Crippen LogP contribution in [0.4, 0.5) is 0 Å². The molecule has 1 aliphatic heterocycles. The molecule has 0 aromatic carbocycles. The van der Waals surface area contributed by atoms with Crippen LogP contribution in [-0.2, 0) is 14.3 Å². The first-order valence-corrected chi connectivity index (χ1v) is 6.85. The summed E-state index contributed by atoms with van der Waals surface area (Å²) < 4.78 is 10.1. The Bertz CT molecular complexity index is 508. The second kappa shape index (κ2) is 5.38. The first-order chi connectivity index (χ1) is 9.70. The minimum absolute atomic E-state index is 0.395. The summed E-state index contributed by atoms with van der Waals surface area (Å²) in [5, 5.41) is 11.6. The van der Waals surface area contributed by atoms with Gasteiger partial charge in [0, 0.05) is 13.5 Å². The molecule has 1 unspecified atom stereocenters. The fourth-order valence-electron chi connectivity index (χ4n) is 1.93. The highest BCUT2D eigenvalue weighted by Crippen LogP contribution is 2.19. The summed E-state index contributed by atoms with van der Waals surface area (Å²) in [6, 6.07) is -0.633. The number of aromatic nitrogens is 2. The molecule has 1 aromatic heterocycles. The molecule has 1 saturated heterocycles. The molecule has 9 nitrogen and oxygen atoms in total. The summed E-state index contributed by atoms with van der Waals surface area (Å²) in [7, 11) is 0. The van der Waals surface area contributed by atoms with E-state index in [4.69, 9.17) is 19.3 Å². The van der Waals surface area contributed by atoms with Gasteiger partial charge >= 0.3 is 11.9 Å². The van der Waals surface area contributed by atoms with Gasteiger partial charge in [-0.15, -0.1) is 0 Å². The number of carbonyl (C=O) groups excluding carboxylic acids is 1. The topological polar surface area (TPSA) is 99.1 Å². The predicted molar refractivity (Wildman–Crippen MR) is 70.0 cm³/mol. The van der Waals surface area contributed by atoms with Gasteiger partial charge in [0.2, 0.25) is 0 Å². The van der Waals surface area contributed by atoms with Crippen molar-refractivity contribution < 1.29 is 28.9 Å². The van der Waals surface area contributed by atoms with Crippen LogP contribution in [0.15, 0.2) is 4.63 Å². The first-order valence-electron chi connectivity index (χ1n) is 6.85. The minimum atomic E-state index is -0.907. The van der Waals surface area contributed by atoms with Crippen molar-refractivity contribution in [2.75, 3.05) is 11.6 Å². The van der Waals surface area contributed by atoms with E-state index in [1.807, 2.05) is 0 Å². The number of nitrogens with zero attached hydrogens (tertiary/aromatic N) is 3. The van der Waals surface area contributed by atoms with Crippen LogP contribution < -0.4 is 9.85 Å². The third-order valence-corrected chi connectivity index (χ3v) is 3.11. The van der Waals surface area contributed by atoms with Gasteiger partial charge in [0.05, 0.1) is 10.4 Å². The van der Waals surface area contributed by atoms with Gasteiger partial charge in [-0.2, -0.15) is 4.63 Å². The Hall–Kier alpha value is -2.06. The van der Waals surface area contributed by atoms with Crippen molar-refractivity contribution in [3.63, 3.8) is 0 Å². The van der Waals surface area contributed by atoms with Crippen LogP contribution in [-0.4, -0.2) is 45.9 Å². The van der Waals surface area contributed by atoms with Gasteiger partial charge in [-0.05, 0) is 33.6 Å². The Balaban J connectivity index is 1.87. The van der Waals surface area contributed by atoms with Gasteiger partial charge in [-0.25, -0.2) is 9.80 Å². The SMILES string of the molecule is CC(OC(=O)C(C)(C)C)On1on1N1CCC[C@H]1C(=O)O. The molecule has 2 atom stereocenters. The van der Waals surface area contributed by atoms with Crippen LogP contribution in [0, 0.1) is 5.41 Å². The van der Waals surface area contributed by atoms with Crippen molar-refractivity contribution in [3.05, 3.63) is 0 Å². The molecule has 2 rings (SSSR count). The average Bonchev–Trinajstić information content (AvgIpc) is 2.91. The number of carboxylic acid groups (broad SMARTS) is 1. The molecule has 1 aromatic rings. The lowest BCUT2D eigenvalue weighted by Gasteiger charge is -2.19. The molecule has 0 bridgehead atoms. The summed E-state index contributed by atoms with van der Waals surface area (Å²) >= 11 is 0. The molecule has 9 heteroatoms. The molecule has 2 heterocycles. The summed E-state index contributed by atoms with van der Waals surface area (Å²) in [5.74, 6) is -1.30. The lowest BCUT2D eigenvalue weighted by atomic mass is 9.97. The highest BCUT2D eigenvalue weighted by molar-refractivity contribution is 5.76. The van der Waals surface area contributed by atoms with E-state index < -0.39 is 29.7 Å². The molecule has 120 valence electrons. The van der Waals surface area contributed by atoms with Crippen molar-refractivity contribution in [1.29, 1.82) is 0 Å². The lowest BCUT2D eigenvalue weighted by Crippen LogP contribution is -2.43. The Morgan fingerprint density at radius 2 is 2.05 bits per heavy atom. The minimum Gasteiger partial charge on any atom is -0.480 e. The van der Waals surface area contributed by atoms with Crippen molar-refractivity contribution in [3.8, 4) is 0 Å². The summed E-state index contributed by atoms with van der Waals surface area (Å²) in [4.78, 5) is 29.2. The van der Waals surface area contributed by atoms with Crippen LogP contribution in [0.3, 0.4) is 0 Å². The van der Waals surface area contributed by atoms with Crippen molar-refractivity contribution in [2.45, 2.75) is 52.9 Å². The van der Waals surface area contributed by atoms with Gasteiger partial charge in [0.15, 0.2) is 0 Å². The molecule has 1 N–H and O–H groups in total. The maximum Gasteiger partial charge on any atom is 0.328 e. The van der Waals surface area contributed by atoms with E-state index in [9.17, 15) is 9.59 Å². The maximum atomic E-state index is 11.7. The molecule has 21 heavy (non-hydrogen) atoms. The second-order valence-electron chi connectivity index (χ2n) is 6.06. The number of hydrogen-bond donors (Lipinski definition) is 1. The Labute approximate surface area is 121 Å². The van der Waals surface area contributed by atoms with Gasteiger partial charge in [-0.3, -0.25) is 4.79 Å². The van der Waals surface area contributed by atoms with E-state index in [0.717, 1.165) is 11.4 Å². The van der Waals surface area contributed by atoms with Crippen molar-refractivity contribution in [2.24, 2.45) is 5.41 Å². The predicted octanol–water partition coefficient (Wildman–Crippen LogP) is 0.432. The number of rotatable bonds is 5. The molecule has 1 aliphatic rings. The van der Waals surface area contributed by atoms with Crippen molar-refractivity contribution in [1.82, 2.24) is 9.98 Å². The zero-order valence-electron chi connectivity index (χ0n) is 12.6. The van der Waals surface area contributed by atoms with Crippen LogP contribution >= 0.6 is 0 Å². The molecule has 0 amide bonds. The number of hydrogen-bond acceptors (Lipinski definition) is 6. The highest BCUT2D eigenvalue weighted by atomic mass is 17.0. The summed E-state index contributed by atoms with van der Waals surface area (Å²) in [5.41, 5.74) is -0.625. The fraction of sp³-hybridized carbons (Fsp3) is 0.833. The zero-order chi connectivity index (χ0) is 15.8. The van der Waals surface area contributed by atoms with E-state index in [0.29, 0.717) is 13.0 Å². The fourth-order valence-corrected chi connectivity index (χ4v) is 1.93.